The highest BCUT2D eigenvalue weighted by Crippen LogP contribution is 2.55. The molecule has 34 heavy (non-hydrogen) atoms. The molecule has 6 rings (SSSR count). The minimum Gasteiger partial charge on any atom is -0.469 e. The quantitative estimate of drug-likeness (QED) is 0.427. The fraction of sp³-hybridized carbons (Fsp3) is 0.731. The molecule has 186 valence electrons. The Hall–Kier alpha value is -1.80. The number of carbonyl (C=O) groups is 2. The third-order valence-corrected chi connectivity index (χ3v) is 9.56. The number of pyridine rings is 1. The molecule has 2 unspecified atom stereocenters. The minimum atomic E-state index is -0.496. The molecule has 5 aliphatic rings. The number of hydrogen-bond donors (Lipinski definition) is 2. The van der Waals surface area contributed by atoms with E-state index in [1.165, 1.54) is 7.11 Å². The normalized spacial score (nSPS) is 33.9. The Kier molecular flexibility index (Phi) is 6.81. The van der Waals surface area contributed by atoms with E-state index < -0.39 is 5.60 Å². The third kappa shape index (κ3) is 4.81. The van der Waals surface area contributed by atoms with Crippen molar-refractivity contribution < 1.29 is 19.4 Å². The molecule has 0 aromatic carbocycles. The van der Waals surface area contributed by atoms with Gasteiger partial charge in [0.1, 0.15) is 10.8 Å². The first-order chi connectivity index (χ1) is 16.4. The van der Waals surface area contributed by atoms with Crippen molar-refractivity contribution in [1.82, 2.24) is 10.3 Å². The molecule has 5 fully saturated rings. The average Bonchev–Trinajstić information content (AvgIpc) is 3.27. The topological polar surface area (TPSA) is 91.8 Å². The number of hydrogen-bond acceptors (Lipinski definition) is 7. The van der Waals surface area contributed by atoms with Crippen LogP contribution in [-0.2, 0) is 9.53 Å². The van der Waals surface area contributed by atoms with Gasteiger partial charge >= 0.3 is 5.97 Å². The summed E-state index contributed by atoms with van der Waals surface area (Å²) < 4.78 is 4.83. The van der Waals surface area contributed by atoms with E-state index in [1.807, 2.05) is 12.1 Å². The van der Waals surface area contributed by atoms with Crippen LogP contribution < -0.4 is 10.2 Å². The van der Waals surface area contributed by atoms with Crippen LogP contribution in [0.4, 0.5) is 5.82 Å². The number of thioether (sulfide) groups is 1. The summed E-state index contributed by atoms with van der Waals surface area (Å²) in [5.41, 5.74) is 0.157. The first kappa shape index (κ1) is 23.9. The maximum Gasteiger partial charge on any atom is 0.305 e. The summed E-state index contributed by atoms with van der Waals surface area (Å²) in [6.45, 7) is 3.77. The Bertz CT molecular complexity index is 925. The Morgan fingerprint density at radius 2 is 2.03 bits per heavy atom. The first-order valence-electron chi connectivity index (χ1n) is 12.9. The van der Waals surface area contributed by atoms with E-state index in [4.69, 9.17) is 9.72 Å². The summed E-state index contributed by atoms with van der Waals surface area (Å²) in [5, 5.41) is 15.0. The zero-order valence-electron chi connectivity index (χ0n) is 20.3. The zero-order valence-corrected chi connectivity index (χ0v) is 21.1. The Labute approximate surface area is 206 Å². The molecule has 1 aliphatic heterocycles. The van der Waals surface area contributed by atoms with Crippen molar-refractivity contribution in [1.29, 1.82) is 0 Å². The van der Waals surface area contributed by atoms with Gasteiger partial charge in [-0.3, -0.25) is 9.59 Å². The summed E-state index contributed by atoms with van der Waals surface area (Å²) in [6.07, 6.45) is 7.22. The molecule has 4 saturated carbocycles. The van der Waals surface area contributed by atoms with Crippen molar-refractivity contribution in [3.63, 3.8) is 0 Å². The largest absolute Gasteiger partial charge is 0.469 e. The number of aromatic nitrogens is 1. The Balaban J connectivity index is 1.29. The van der Waals surface area contributed by atoms with Gasteiger partial charge in [0.25, 0.3) is 5.91 Å². The summed E-state index contributed by atoms with van der Waals surface area (Å²) in [6, 6.07) is 4.03. The summed E-state index contributed by atoms with van der Waals surface area (Å²) >= 11 is 1.64. The lowest BCUT2D eigenvalue weighted by atomic mass is 9.52. The number of carbonyl (C=O) groups excluding carboxylic acids is 2. The second-order valence-electron chi connectivity index (χ2n) is 10.9. The maximum absolute atomic E-state index is 13.4. The highest BCUT2D eigenvalue weighted by atomic mass is 32.2. The van der Waals surface area contributed by atoms with Crippen LogP contribution in [-0.4, -0.2) is 59.6 Å². The minimum absolute atomic E-state index is 0.0351. The predicted octanol–water partition coefficient (Wildman–Crippen LogP) is 3.64. The fourth-order valence-electron chi connectivity index (χ4n) is 7.06. The van der Waals surface area contributed by atoms with Gasteiger partial charge in [-0.1, -0.05) is 6.92 Å². The predicted molar refractivity (Wildman–Crippen MR) is 132 cm³/mol. The molecule has 0 radical (unpaired) electrons. The molecule has 3 atom stereocenters. The van der Waals surface area contributed by atoms with Crippen molar-refractivity contribution in [3.8, 4) is 0 Å². The number of ether oxygens (including phenoxy) is 1. The highest BCUT2D eigenvalue weighted by Gasteiger charge is 2.55. The van der Waals surface area contributed by atoms with Crippen LogP contribution >= 0.6 is 11.8 Å². The molecule has 1 aromatic heterocycles. The fourth-order valence-corrected chi connectivity index (χ4v) is 7.93. The van der Waals surface area contributed by atoms with E-state index in [0.717, 1.165) is 74.6 Å². The number of aliphatic hydroxyl groups is 1. The number of nitrogens with one attached hydrogen (secondary N) is 1. The molecule has 8 heteroatoms. The van der Waals surface area contributed by atoms with E-state index in [1.54, 1.807) is 11.8 Å². The molecule has 2 N–H and O–H groups in total. The molecule has 1 amide bonds. The number of amides is 1. The molecular formula is C26H37N3O4S. The van der Waals surface area contributed by atoms with Crippen molar-refractivity contribution in [2.45, 2.75) is 75.0 Å². The average molecular weight is 488 g/mol. The maximum atomic E-state index is 13.4. The smallest absolute Gasteiger partial charge is 0.305 e. The van der Waals surface area contributed by atoms with Crippen molar-refractivity contribution in [3.05, 3.63) is 17.7 Å². The van der Waals surface area contributed by atoms with E-state index in [-0.39, 0.29) is 23.8 Å². The van der Waals surface area contributed by atoms with E-state index >= 15 is 0 Å². The van der Waals surface area contributed by atoms with Gasteiger partial charge in [0, 0.05) is 19.1 Å². The van der Waals surface area contributed by atoms with Crippen LogP contribution in [0.15, 0.2) is 17.2 Å². The van der Waals surface area contributed by atoms with Crippen LogP contribution in [0.25, 0.3) is 0 Å². The van der Waals surface area contributed by atoms with E-state index in [9.17, 15) is 14.7 Å². The summed E-state index contributed by atoms with van der Waals surface area (Å²) in [7, 11) is 1.43. The molecule has 1 saturated heterocycles. The number of methoxy groups -OCH3 is 1. The van der Waals surface area contributed by atoms with Gasteiger partial charge in [-0.15, -0.1) is 11.8 Å². The van der Waals surface area contributed by atoms with Crippen molar-refractivity contribution in [2.24, 2.45) is 23.7 Å². The summed E-state index contributed by atoms with van der Waals surface area (Å²) in [4.78, 5) is 32.2. The highest BCUT2D eigenvalue weighted by molar-refractivity contribution is 7.99. The molecular weight excluding hydrogens is 450 g/mol. The number of rotatable bonds is 8. The van der Waals surface area contributed by atoms with Gasteiger partial charge in [0.2, 0.25) is 0 Å². The standard InChI is InChI=1S/C26H37N3O4S/c1-3-8-34-25-20(4-5-21(27-25)29-7-6-16(15-29)11-22(30)33-2)24(31)28-23-18-9-17-10-19(23)14-26(32,12-17)13-18/h4-5,16-19,23,32H,3,6-15H2,1-2H3,(H,28,31)/t16-,17?,18?,19?,23-,26-/m0/s1. The monoisotopic (exact) mass is 487 g/mol. The SMILES string of the molecule is CCCSc1nc(N2CC[C@@H](CC(=O)OC)C2)ccc1C(=O)N[C@H]1C2CC3CC1C[C@](O)(C3)C2. The molecule has 7 nitrogen and oxygen atoms in total. The van der Waals surface area contributed by atoms with Gasteiger partial charge in [-0.05, 0) is 86.5 Å². The molecule has 1 aromatic rings. The van der Waals surface area contributed by atoms with E-state index in [2.05, 4.69) is 17.1 Å². The van der Waals surface area contributed by atoms with Crippen LogP contribution in [0.3, 0.4) is 0 Å². The van der Waals surface area contributed by atoms with Crippen LogP contribution in [0.1, 0.15) is 68.6 Å². The lowest BCUT2D eigenvalue weighted by Gasteiger charge is -2.58. The van der Waals surface area contributed by atoms with Gasteiger partial charge in [0.05, 0.1) is 24.7 Å². The zero-order chi connectivity index (χ0) is 23.9. The number of nitrogens with zero attached hydrogens (tertiary/aromatic N) is 2. The second-order valence-corrected chi connectivity index (χ2v) is 12.0. The lowest BCUT2D eigenvalue weighted by Crippen LogP contribution is -2.61. The van der Waals surface area contributed by atoms with Gasteiger partial charge in [-0.25, -0.2) is 4.98 Å². The van der Waals surface area contributed by atoms with Gasteiger partial charge in [-0.2, -0.15) is 0 Å². The Morgan fingerprint density at radius 1 is 1.26 bits per heavy atom. The second kappa shape index (κ2) is 9.69. The molecule has 4 aliphatic carbocycles. The molecule has 4 bridgehead atoms. The van der Waals surface area contributed by atoms with Crippen LogP contribution in [0, 0.1) is 23.7 Å². The molecule has 2 heterocycles. The lowest BCUT2D eigenvalue weighted by molar-refractivity contribution is -0.141. The van der Waals surface area contributed by atoms with E-state index in [0.29, 0.717) is 29.7 Å². The summed E-state index contributed by atoms with van der Waals surface area (Å²) in [5.74, 6) is 3.25. The van der Waals surface area contributed by atoms with Gasteiger partial charge in [0.15, 0.2) is 0 Å². The molecule has 0 spiro atoms. The third-order valence-electron chi connectivity index (χ3n) is 8.36. The first-order valence-corrected chi connectivity index (χ1v) is 13.8. The number of anilines is 1. The van der Waals surface area contributed by atoms with Crippen molar-refractivity contribution >= 4 is 29.5 Å². The van der Waals surface area contributed by atoms with Crippen LogP contribution in [0.2, 0.25) is 0 Å². The van der Waals surface area contributed by atoms with Gasteiger partial charge < -0.3 is 20.1 Å². The number of esters is 1. The van der Waals surface area contributed by atoms with Crippen molar-refractivity contribution in [2.75, 3.05) is 30.9 Å². The Morgan fingerprint density at radius 3 is 2.71 bits per heavy atom. The van der Waals surface area contributed by atoms with Crippen LogP contribution in [0.5, 0.6) is 0 Å².